The van der Waals surface area contributed by atoms with Crippen molar-refractivity contribution in [2.45, 2.75) is 25.4 Å². The normalized spacial score (nSPS) is 19.9. The van der Waals surface area contributed by atoms with Gasteiger partial charge in [0.05, 0.1) is 10.6 Å². The van der Waals surface area contributed by atoms with E-state index in [0.29, 0.717) is 18.9 Å². The number of oxazole rings is 1. The number of aromatic nitrogens is 1. The molecule has 0 spiro atoms. The topological polar surface area (TPSA) is 66.6 Å². The molecule has 0 aromatic carbocycles. The zero-order valence-electron chi connectivity index (χ0n) is 10.3. The summed E-state index contributed by atoms with van der Waals surface area (Å²) in [5.74, 6) is -0.143. The number of hydrogen-bond acceptors (Lipinski definition) is 5. The first-order valence-corrected chi connectivity index (χ1v) is 7.07. The van der Waals surface area contributed by atoms with Gasteiger partial charge in [-0.3, -0.25) is 9.69 Å². The highest BCUT2D eigenvalue weighted by atomic mass is 32.1. The summed E-state index contributed by atoms with van der Waals surface area (Å²) >= 11 is 1.57. The van der Waals surface area contributed by atoms with E-state index in [4.69, 9.17) is 9.52 Å². The van der Waals surface area contributed by atoms with E-state index in [1.165, 1.54) is 0 Å². The van der Waals surface area contributed by atoms with Gasteiger partial charge in [0.2, 0.25) is 5.89 Å². The fourth-order valence-electron chi connectivity index (χ4n) is 2.40. The van der Waals surface area contributed by atoms with E-state index in [9.17, 15) is 4.79 Å². The van der Waals surface area contributed by atoms with Crippen molar-refractivity contribution < 1.29 is 14.3 Å². The minimum Gasteiger partial charge on any atom is -0.480 e. The van der Waals surface area contributed by atoms with Crippen LogP contribution >= 0.6 is 11.3 Å². The molecule has 0 aliphatic carbocycles. The molecule has 19 heavy (non-hydrogen) atoms. The third-order valence-corrected chi connectivity index (χ3v) is 4.16. The van der Waals surface area contributed by atoms with Crippen molar-refractivity contribution in [2.24, 2.45) is 0 Å². The molecule has 1 saturated heterocycles. The van der Waals surface area contributed by atoms with Gasteiger partial charge in [-0.05, 0) is 30.8 Å². The van der Waals surface area contributed by atoms with Gasteiger partial charge in [-0.15, -0.1) is 11.3 Å². The zero-order valence-corrected chi connectivity index (χ0v) is 11.1. The summed E-state index contributed by atoms with van der Waals surface area (Å²) in [5.41, 5.74) is 0.788. The van der Waals surface area contributed by atoms with Crippen molar-refractivity contribution in [2.75, 3.05) is 6.54 Å². The van der Waals surface area contributed by atoms with Crippen molar-refractivity contribution >= 4 is 17.3 Å². The first kappa shape index (κ1) is 12.4. The molecule has 3 rings (SSSR count). The number of carboxylic acids is 1. The Morgan fingerprint density at radius 3 is 3.26 bits per heavy atom. The number of aliphatic carboxylic acids is 1. The summed E-state index contributed by atoms with van der Waals surface area (Å²) in [6.07, 6.45) is 3.25. The highest BCUT2D eigenvalue weighted by Crippen LogP contribution is 2.25. The van der Waals surface area contributed by atoms with Crippen molar-refractivity contribution in [3.63, 3.8) is 0 Å². The van der Waals surface area contributed by atoms with Crippen LogP contribution in [0.4, 0.5) is 0 Å². The lowest BCUT2D eigenvalue weighted by Gasteiger charge is -2.19. The Hall–Kier alpha value is -1.66. The van der Waals surface area contributed by atoms with E-state index < -0.39 is 5.97 Å². The van der Waals surface area contributed by atoms with Crippen LogP contribution in [0.5, 0.6) is 0 Å². The Balaban J connectivity index is 1.72. The number of rotatable bonds is 4. The fraction of sp³-hybridized carbons (Fsp3) is 0.385. The largest absolute Gasteiger partial charge is 0.480 e. The molecule has 1 atom stereocenters. The Bertz CT molecular complexity index is 564. The summed E-state index contributed by atoms with van der Waals surface area (Å²) in [5, 5.41) is 11.1. The molecule has 5 nitrogen and oxygen atoms in total. The molecule has 0 radical (unpaired) electrons. The monoisotopic (exact) mass is 278 g/mol. The number of carbonyl (C=O) groups is 1. The summed E-state index contributed by atoms with van der Waals surface area (Å²) in [6, 6.07) is 3.52. The molecule has 0 amide bonds. The summed E-state index contributed by atoms with van der Waals surface area (Å²) in [6.45, 7) is 1.34. The van der Waals surface area contributed by atoms with Crippen LogP contribution in [-0.2, 0) is 11.3 Å². The van der Waals surface area contributed by atoms with Crippen LogP contribution in [0.3, 0.4) is 0 Å². The maximum atomic E-state index is 11.1. The van der Waals surface area contributed by atoms with Crippen LogP contribution in [0.1, 0.15) is 18.5 Å². The van der Waals surface area contributed by atoms with E-state index in [-0.39, 0.29) is 6.04 Å². The SMILES string of the molecule is O=C(O)[C@H]1CCCN1Cc1coc(-c2cccs2)n1. The Kier molecular flexibility index (Phi) is 3.35. The van der Waals surface area contributed by atoms with E-state index in [1.54, 1.807) is 17.6 Å². The smallest absolute Gasteiger partial charge is 0.320 e. The van der Waals surface area contributed by atoms with E-state index in [1.807, 2.05) is 22.4 Å². The van der Waals surface area contributed by atoms with Crippen molar-refractivity contribution in [1.29, 1.82) is 0 Å². The summed E-state index contributed by atoms with van der Waals surface area (Å²) in [7, 11) is 0. The molecule has 2 aromatic heterocycles. The predicted octanol–water partition coefficient (Wildman–Crippen LogP) is 2.45. The standard InChI is InChI=1S/C13H14N2O3S/c16-13(17)10-3-1-5-15(10)7-9-8-18-12(14-9)11-4-2-6-19-11/h2,4,6,8,10H,1,3,5,7H2,(H,16,17)/t10-/m1/s1. The van der Waals surface area contributed by atoms with E-state index in [0.717, 1.165) is 23.5 Å². The van der Waals surface area contributed by atoms with E-state index >= 15 is 0 Å². The molecule has 6 heteroatoms. The molecule has 0 unspecified atom stereocenters. The van der Waals surface area contributed by atoms with Crippen LogP contribution < -0.4 is 0 Å². The third-order valence-electron chi connectivity index (χ3n) is 3.30. The van der Waals surface area contributed by atoms with E-state index in [2.05, 4.69) is 4.98 Å². The van der Waals surface area contributed by atoms with Gasteiger partial charge in [-0.25, -0.2) is 4.98 Å². The van der Waals surface area contributed by atoms with Gasteiger partial charge in [0.15, 0.2) is 0 Å². The van der Waals surface area contributed by atoms with Crippen LogP contribution in [0.2, 0.25) is 0 Å². The number of hydrogen-bond donors (Lipinski definition) is 1. The van der Waals surface area contributed by atoms with Gasteiger partial charge in [0.1, 0.15) is 12.3 Å². The lowest BCUT2D eigenvalue weighted by molar-refractivity contribution is -0.142. The highest BCUT2D eigenvalue weighted by molar-refractivity contribution is 7.13. The molecule has 1 fully saturated rings. The second-order valence-corrected chi connectivity index (χ2v) is 5.54. The van der Waals surface area contributed by atoms with Crippen molar-refractivity contribution in [3.8, 4) is 10.8 Å². The molecule has 3 heterocycles. The van der Waals surface area contributed by atoms with Gasteiger partial charge in [0, 0.05) is 6.54 Å². The molecule has 100 valence electrons. The van der Waals surface area contributed by atoms with Gasteiger partial charge < -0.3 is 9.52 Å². The number of carboxylic acid groups (broad SMARTS) is 1. The predicted molar refractivity (Wildman–Crippen MR) is 70.9 cm³/mol. The minimum absolute atomic E-state index is 0.387. The van der Waals surface area contributed by atoms with Crippen molar-refractivity contribution in [1.82, 2.24) is 9.88 Å². The third kappa shape index (κ3) is 2.54. The Labute approximate surface area is 114 Å². The molecule has 0 bridgehead atoms. The van der Waals surface area contributed by atoms with Gasteiger partial charge in [-0.1, -0.05) is 6.07 Å². The van der Waals surface area contributed by atoms with Crippen LogP contribution in [0.15, 0.2) is 28.2 Å². The number of likely N-dealkylation sites (tertiary alicyclic amines) is 1. The fourth-order valence-corrected chi connectivity index (χ4v) is 3.05. The van der Waals surface area contributed by atoms with Crippen LogP contribution in [-0.4, -0.2) is 33.5 Å². The van der Waals surface area contributed by atoms with Crippen LogP contribution in [0.25, 0.3) is 10.8 Å². The molecule has 1 aliphatic rings. The Morgan fingerprint density at radius 1 is 1.63 bits per heavy atom. The van der Waals surface area contributed by atoms with Crippen molar-refractivity contribution in [3.05, 3.63) is 29.5 Å². The zero-order chi connectivity index (χ0) is 13.2. The van der Waals surface area contributed by atoms with Crippen LogP contribution in [0, 0.1) is 0 Å². The van der Waals surface area contributed by atoms with Gasteiger partial charge in [0.25, 0.3) is 0 Å². The molecule has 1 N–H and O–H groups in total. The average Bonchev–Trinajstić information content (AvgIpc) is 3.09. The molecule has 2 aromatic rings. The number of nitrogens with zero attached hydrogens (tertiary/aromatic N) is 2. The first-order chi connectivity index (χ1) is 9.24. The lowest BCUT2D eigenvalue weighted by atomic mass is 10.2. The molecular weight excluding hydrogens is 264 g/mol. The molecule has 0 saturated carbocycles. The highest BCUT2D eigenvalue weighted by Gasteiger charge is 2.30. The lowest BCUT2D eigenvalue weighted by Crippen LogP contribution is -2.35. The molecular formula is C13H14N2O3S. The minimum atomic E-state index is -0.750. The quantitative estimate of drug-likeness (QED) is 0.930. The maximum Gasteiger partial charge on any atom is 0.320 e. The second-order valence-electron chi connectivity index (χ2n) is 4.59. The maximum absolute atomic E-state index is 11.1. The Morgan fingerprint density at radius 2 is 2.53 bits per heavy atom. The molecule has 1 aliphatic heterocycles. The second kappa shape index (κ2) is 5.14. The summed E-state index contributed by atoms with van der Waals surface area (Å²) < 4.78 is 5.44. The van der Waals surface area contributed by atoms with Gasteiger partial charge >= 0.3 is 5.97 Å². The number of thiophene rings is 1. The summed E-state index contributed by atoms with van der Waals surface area (Å²) in [4.78, 5) is 18.5. The van der Waals surface area contributed by atoms with Gasteiger partial charge in [-0.2, -0.15) is 0 Å². The first-order valence-electron chi connectivity index (χ1n) is 6.19. The average molecular weight is 278 g/mol.